The molecule has 0 heterocycles. The number of hydrazine groups is 1. The summed E-state index contributed by atoms with van der Waals surface area (Å²) in [5.41, 5.74) is 6.05. The number of carbonyl (C=O) groups is 2. The fraction of sp³-hybridized carbons (Fsp3) is 0.263. The molecule has 0 fully saturated rings. The van der Waals surface area contributed by atoms with E-state index in [9.17, 15) is 9.59 Å². The first-order valence-electron chi connectivity index (χ1n) is 8.10. The van der Waals surface area contributed by atoms with Crippen molar-refractivity contribution in [2.45, 2.75) is 26.9 Å². The van der Waals surface area contributed by atoms with Crippen LogP contribution in [-0.2, 0) is 4.79 Å². The lowest BCUT2D eigenvalue weighted by Crippen LogP contribution is -2.44. The van der Waals surface area contributed by atoms with Crippen LogP contribution in [-0.4, -0.2) is 24.5 Å². The van der Waals surface area contributed by atoms with Crippen LogP contribution in [0.4, 0.5) is 0 Å². The predicted molar refractivity (Wildman–Crippen MR) is 102 cm³/mol. The number of nitrogens with one attached hydrogen (secondary N) is 2. The number of aryl methyl sites for hydroxylation is 1. The topological polar surface area (TPSA) is 76.7 Å². The summed E-state index contributed by atoms with van der Waals surface area (Å²) in [7, 11) is 0. The summed E-state index contributed by atoms with van der Waals surface area (Å²) >= 11 is 3.35. The van der Waals surface area contributed by atoms with Gasteiger partial charge >= 0.3 is 0 Å². The molecule has 2 rings (SSSR count). The molecule has 2 amide bonds. The molecule has 2 aromatic carbocycles. The van der Waals surface area contributed by atoms with Crippen molar-refractivity contribution in [1.29, 1.82) is 0 Å². The van der Waals surface area contributed by atoms with E-state index in [4.69, 9.17) is 9.47 Å². The second-order valence-corrected chi connectivity index (χ2v) is 6.83. The Labute approximate surface area is 161 Å². The molecule has 26 heavy (non-hydrogen) atoms. The third kappa shape index (κ3) is 6.07. The number of hydrogen-bond acceptors (Lipinski definition) is 4. The summed E-state index contributed by atoms with van der Waals surface area (Å²) in [6.07, 6.45) is -0.0897. The van der Waals surface area contributed by atoms with E-state index in [1.807, 2.05) is 39.0 Å². The summed E-state index contributed by atoms with van der Waals surface area (Å²) in [5, 5.41) is 0. The highest BCUT2D eigenvalue weighted by molar-refractivity contribution is 9.10. The number of ether oxygens (including phenoxy) is 2. The standard InChI is InChI=1S/C19H21BrN2O4/c1-12(2)26-17-10-14(20)7-8-16(17)19(24)22-21-18(23)11-25-15-6-4-5-13(3)9-15/h4-10,12H,11H2,1-3H3,(H,21,23)(H,22,24). The van der Waals surface area contributed by atoms with E-state index in [-0.39, 0.29) is 12.7 Å². The minimum atomic E-state index is -0.475. The van der Waals surface area contributed by atoms with Gasteiger partial charge in [-0.2, -0.15) is 0 Å². The molecule has 7 heteroatoms. The van der Waals surface area contributed by atoms with E-state index in [2.05, 4.69) is 26.8 Å². The van der Waals surface area contributed by atoms with Crippen LogP contribution in [0.15, 0.2) is 46.9 Å². The Balaban J connectivity index is 1.90. The van der Waals surface area contributed by atoms with Crippen LogP contribution in [0.25, 0.3) is 0 Å². The van der Waals surface area contributed by atoms with Crippen LogP contribution in [0, 0.1) is 6.92 Å². The Morgan fingerprint density at radius 3 is 2.58 bits per heavy atom. The number of carbonyl (C=O) groups excluding carboxylic acids is 2. The van der Waals surface area contributed by atoms with Crippen molar-refractivity contribution in [2.24, 2.45) is 0 Å². The van der Waals surface area contributed by atoms with Crippen LogP contribution >= 0.6 is 15.9 Å². The van der Waals surface area contributed by atoms with Crippen LogP contribution in [0.1, 0.15) is 29.8 Å². The van der Waals surface area contributed by atoms with Crippen LogP contribution in [0.2, 0.25) is 0 Å². The Hall–Kier alpha value is -2.54. The lowest BCUT2D eigenvalue weighted by molar-refractivity contribution is -0.123. The minimum absolute atomic E-state index is 0.0897. The Morgan fingerprint density at radius 2 is 1.88 bits per heavy atom. The molecule has 2 N–H and O–H groups in total. The highest BCUT2D eigenvalue weighted by Gasteiger charge is 2.15. The van der Waals surface area contributed by atoms with Gasteiger partial charge in [0.15, 0.2) is 6.61 Å². The number of benzene rings is 2. The maximum atomic E-state index is 12.3. The molecule has 0 aliphatic rings. The third-order valence-electron chi connectivity index (χ3n) is 3.23. The highest BCUT2D eigenvalue weighted by Crippen LogP contribution is 2.24. The summed E-state index contributed by atoms with van der Waals surface area (Å²) < 4.78 is 11.8. The minimum Gasteiger partial charge on any atom is -0.490 e. The van der Waals surface area contributed by atoms with Crippen LogP contribution in [0.3, 0.4) is 0 Å². The Morgan fingerprint density at radius 1 is 1.12 bits per heavy atom. The molecule has 0 bridgehead atoms. The van der Waals surface area contributed by atoms with Gasteiger partial charge in [0, 0.05) is 4.47 Å². The van der Waals surface area contributed by atoms with E-state index < -0.39 is 11.8 Å². The average molecular weight is 421 g/mol. The molecule has 0 aliphatic carbocycles. The van der Waals surface area contributed by atoms with Crippen molar-refractivity contribution < 1.29 is 19.1 Å². The van der Waals surface area contributed by atoms with Gasteiger partial charge < -0.3 is 9.47 Å². The quantitative estimate of drug-likeness (QED) is 0.702. The second-order valence-electron chi connectivity index (χ2n) is 5.91. The van der Waals surface area contributed by atoms with Gasteiger partial charge in [0.1, 0.15) is 11.5 Å². The smallest absolute Gasteiger partial charge is 0.276 e. The second kappa shape index (κ2) is 9.24. The molecule has 6 nitrogen and oxygen atoms in total. The summed E-state index contributed by atoms with van der Waals surface area (Å²) in [5.74, 6) is 0.0736. The molecule has 0 unspecified atom stereocenters. The van der Waals surface area contributed by atoms with Gasteiger partial charge in [0.05, 0.1) is 11.7 Å². The Kier molecular flexibility index (Phi) is 7.03. The number of halogens is 1. The molecule has 0 spiro atoms. The van der Waals surface area contributed by atoms with E-state index in [1.165, 1.54) is 0 Å². The normalized spacial score (nSPS) is 10.3. The van der Waals surface area contributed by atoms with E-state index in [1.54, 1.807) is 24.3 Å². The lowest BCUT2D eigenvalue weighted by Gasteiger charge is -2.15. The lowest BCUT2D eigenvalue weighted by atomic mass is 10.2. The average Bonchev–Trinajstić information content (AvgIpc) is 2.57. The zero-order chi connectivity index (χ0) is 19.1. The van der Waals surface area contributed by atoms with Crippen LogP contribution < -0.4 is 20.3 Å². The van der Waals surface area contributed by atoms with Crippen molar-refractivity contribution in [3.8, 4) is 11.5 Å². The summed E-state index contributed by atoms with van der Waals surface area (Å²) in [4.78, 5) is 24.2. The molecule has 138 valence electrons. The Bertz CT molecular complexity index is 793. The maximum Gasteiger partial charge on any atom is 0.276 e. The largest absolute Gasteiger partial charge is 0.490 e. The fourth-order valence-corrected chi connectivity index (χ4v) is 2.46. The third-order valence-corrected chi connectivity index (χ3v) is 3.72. The molecular formula is C19H21BrN2O4. The van der Waals surface area contributed by atoms with E-state index in [0.717, 1.165) is 10.0 Å². The van der Waals surface area contributed by atoms with Gasteiger partial charge in [-0.05, 0) is 56.7 Å². The number of amides is 2. The maximum absolute atomic E-state index is 12.3. The molecule has 0 saturated carbocycles. The number of rotatable bonds is 6. The number of hydrogen-bond donors (Lipinski definition) is 2. The van der Waals surface area contributed by atoms with Gasteiger partial charge in [-0.25, -0.2) is 0 Å². The SMILES string of the molecule is Cc1cccc(OCC(=O)NNC(=O)c2ccc(Br)cc2OC(C)C)c1. The first kappa shape index (κ1) is 19.8. The monoisotopic (exact) mass is 420 g/mol. The van der Waals surface area contributed by atoms with Crippen molar-refractivity contribution in [3.05, 3.63) is 58.1 Å². The molecule has 0 radical (unpaired) electrons. The van der Waals surface area contributed by atoms with Gasteiger partial charge in [-0.1, -0.05) is 28.1 Å². The summed E-state index contributed by atoms with van der Waals surface area (Å²) in [6.45, 7) is 5.46. The molecule has 0 saturated heterocycles. The van der Waals surface area contributed by atoms with Gasteiger partial charge in [-0.3, -0.25) is 20.4 Å². The molecule has 2 aromatic rings. The first-order valence-corrected chi connectivity index (χ1v) is 8.89. The van der Waals surface area contributed by atoms with Gasteiger partial charge in [0.2, 0.25) is 0 Å². The fourth-order valence-electron chi connectivity index (χ4n) is 2.12. The van der Waals surface area contributed by atoms with Crippen LogP contribution in [0.5, 0.6) is 11.5 Å². The molecule has 0 atom stereocenters. The van der Waals surface area contributed by atoms with E-state index >= 15 is 0 Å². The highest BCUT2D eigenvalue weighted by atomic mass is 79.9. The van der Waals surface area contributed by atoms with Gasteiger partial charge in [0.25, 0.3) is 11.8 Å². The van der Waals surface area contributed by atoms with Gasteiger partial charge in [-0.15, -0.1) is 0 Å². The van der Waals surface area contributed by atoms with Crippen molar-refractivity contribution in [3.63, 3.8) is 0 Å². The molecular weight excluding hydrogens is 400 g/mol. The van der Waals surface area contributed by atoms with Crippen molar-refractivity contribution in [1.82, 2.24) is 10.9 Å². The molecule has 0 aromatic heterocycles. The first-order chi connectivity index (χ1) is 12.3. The predicted octanol–water partition coefficient (Wildman–Crippen LogP) is 3.38. The van der Waals surface area contributed by atoms with Crippen molar-refractivity contribution in [2.75, 3.05) is 6.61 Å². The van der Waals surface area contributed by atoms with Crippen molar-refractivity contribution >= 4 is 27.7 Å². The summed E-state index contributed by atoms with van der Waals surface area (Å²) in [6, 6.07) is 12.4. The zero-order valence-corrected chi connectivity index (χ0v) is 16.4. The molecule has 0 aliphatic heterocycles. The van der Waals surface area contributed by atoms with E-state index in [0.29, 0.717) is 17.1 Å². The zero-order valence-electron chi connectivity index (χ0n) is 14.8.